The normalized spacial score (nSPS) is 13.3. The van der Waals surface area contributed by atoms with Crippen LogP contribution in [0.3, 0.4) is 0 Å². The maximum Gasteiger partial charge on any atom is 0.0463 e. The zero-order valence-corrected chi connectivity index (χ0v) is 57.3. The zero-order valence-electron chi connectivity index (χ0n) is 51.6. The van der Waals surface area contributed by atoms with Crippen LogP contribution in [0.5, 0.6) is 0 Å². The van der Waals surface area contributed by atoms with Crippen molar-refractivity contribution in [3.63, 3.8) is 0 Å². The first-order valence-corrected chi connectivity index (χ1v) is 38.1. The van der Waals surface area contributed by atoms with E-state index in [4.69, 9.17) is 0 Å². The van der Waals surface area contributed by atoms with Gasteiger partial charge in [0.2, 0.25) is 0 Å². The molecule has 0 aliphatic heterocycles. The number of benzene rings is 10. The van der Waals surface area contributed by atoms with Crippen molar-refractivity contribution in [2.45, 2.75) is 63.2 Å². The molecule has 0 bridgehead atoms. The van der Waals surface area contributed by atoms with Gasteiger partial charge in [-0.2, -0.15) is 0 Å². The van der Waals surface area contributed by atoms with Crippen molar-refractivity contribution in [2.75, 3.05) is 0 Å². The molecule has 0 aliphatic carbocycles. The first kappa shape index (κ1) is 58.5. The topological polar surface area (TPSA) is 0 Å². The van der Waals surface area contributed by atoms with Crippen LogP contribution in [-0.2, 0) is 0 Å². The van der Waals surface area contributed by atoms with Crippen LogP contribution < -0.4 is 0 Å². The molecule has 4 atom stereocenters. The van der Waals surface area contributed by atoms with Gasteiger partial charge in [0, 0.05) is 62.2 Å². The van der Waals surface area contributed by atoms with E-state index in [0.717, 1.165) is 25.7 Å². The minimum absolute atomic E-state index is 0.290. The van der Waals surface area contributed by atoms with Gasteiger partial charge in [-0.3, -0.25) is 0 Å². The van der Waals surface area contributed by atoms with Gasteiger partial charge in [0.15, 0.2) is 0 Å². The standard InChI is InChI=1S/C86H64S7/c1-53(67-36-37-68-43-75(88-79(68)42-67)61-14-8-4-9-15-61)18-19-57(59-24-30-63(31-25-59)78-48-72-50-81-71(49-82(72)91-78)47-76(89-81)62-16-10-5-11-17-62)38-39-73(60-26-34-64(35-27-60)77-46-70-45-74-69(40-41-87-74)44-80(70)90-77)54(2)55-20-28-65(29-21-55)83-51-85-86(92-83)52-84(93-85)66-32-22-58(23-33-66)56-12-6-3-7-13-56/h3-17,20-37,40-54,57,73H,18-19,38-39H2,1-2H3. The van der Waals surface area contributed by atoms with Gasteiger partial charge in [0.05, 0.1) is 0 Å². The number of hydrogen-bond acceptors (Lipinski definition) is 7. The Morgan fingerprint density at radius 1 is 0.247 bits per heavy atom. The van der Waals surface area contributed by atoms with Crippen LogP contribution in [0.2, 0.25) is 0 Å². The Hall–Kier alpha value is -8.34. The third kappa shape index (κ3) is 11.9. The smallest absolute Gasteiger partial charge is 0.0463 e. The van der Waals surface area contributed by atoms with Gasteiger partial charge in [-0.15, -0.1) is 79.4 Å². The highest BCUT2D eigenvalue weighted by Gasteiger charge is 2.26. The van der Waals surface area contributed by atoms with E-state index in [-0.39, 0.29) is 0 Å². The van der Waals surface area contributed by atoms with E-state index in [2.05, 4.69) is 292 Å². The van der Waals surface area contributed by atoms with E-state index in [9.17, 15) is 0 Å². The molecular formula is C86H64S7. The molecule has 17 rings (SSSR count). The van der Waals surface area contributed by atoms with Crippen LogP contribution in [0.1, 0.15) is 85.5 Å². The fraction of sp³-hybridized carbons (Fsp3) is 0.116. The van der Waals surface area contributed by atoms with Crippen molar-refractivity contribution >= 4 is 139 Å². The van der Waals surface area contributed by atoms with E-state index < -0.39 is 0 Å². The third-order valence-corrected chi connectivity index (χ3v) is 27.2. The Balaban J connectivity index is 0.670. The van der Waals surface area contributed by atoms with Gasteiger partial charge < -0.3 is 0 Å². The lowest BCUT2D eigenvalue weighted by molar-refractivity contribution is 0.449. The van der Waals surface area contributed by atoms with Gasteiger partial charge in [-0.25, -0.2) is 0 Å². The molecule has 10 aromatic carbocycles. The average molecular weight is 1320 g/mol. The van der Waals surface area contributed by atoms with Crippen LogP contribution >= 0.6 is 79.4 Å². The molecule has 0 saturated carbocycles. The molecule has 7 heteroatoms. The van der Waals surface area contributed by atoms with Crippen LogP contribution in [0.4, 0.5) is 0 Å². The maximum absolute atomic E-state index is 2.49. The van der Waals surface area contributed by atoms with Crippen molar-refractivity contribution in [3.8, 4) is 73.8 Å². The SMILES string of the molecule is CC(CCC(CCC(c1ccc(-c2cc3cc4sccc4cc3s2)cc1)C(C)c1ccc(-c2cc3sc(-c4ccc(-c5ccccc5)cc4)cc3s2)cc1)c1ccc(-c2cc3cc4sc(-c5ccccc5)cc4cc3s2)cc1)c1ccc2cc(-c3ccccc3)sc2c1. The Labute approximate surface area is 571 Å². The Morgan fingerprint density at radius 2 is 0.602 bits per heavy atom. The summed E-state index contributed by atoms with van der Waals surface area (Å²) in [5.41, 5.74) is 15.9. The van der Waals surface area contributed by atoms with E-state index in [0.29, 0.717) is 23.7 Å². The van der Waals surface area contributed by atoms with Crippen LogP contribution in [-0.4, -0.2) is 0 Å². The largest absolute Gasteiger partial charge is 0.144 e. The molecule has 0 saturated heterocycles. The maximum atomic E-state index is 2.49. The van der Waals surface area contributed by atoms with Gasteiger partial charge in [0.1, 0.15) is 0 Å². The Kier molecular flexibility index (Phi) is 15.8. The molecule has 0 nitrogen and oxygen atoms in total. The number of rotatable bonds is 18. The molecule has 93 heavy (non-hydrogen) atoms. The summed E-state index contributed by atoms with van der Waals surface area (Å²) >= 11 is 13.3. The van der Waals surface area contributed by atoms with Crippen LogP contribution in [0.25, 0.3) is 134 Å². The van der Waals surface area contributed by atoms with E-state index in [1.807, 2.05) is 79.4 Å². The van der Waals surface area contributed by atoms with Crippen molar-refractivity contribution in [1.82, 2.24) is 0 Å². The highest BCUT2D eigenvalue weighted by atomic mass is 32.1. The lowest BCUT2D eigenvalue weighted by Crippen LogP contribution is -2.12. The monoisotopic (exact) mass is 1320 g/mol. The summed E-state index contributed by atoms with van der Waals surface area (Å²) in [5.74, 6) is 1.40. The summed E-state index contributed by atoms with van der Waals surface area (Å²) in [5, 5.41) is 8.85. The van der Waals surface area contributed by atoms with E-state index in [1.165, 1.54) is 156 Å². The Bertz CT molecular complexity index is 5330. The second kappa shape index (κ2) is 25.2. The summed E-state index contributed by atoms with van der Waals surface area (Å²) in [7, 11) is 0. The second-order valence-electron chi connectivity index (χ2n) is 25.2. The minimum atomic E-state index is 0.290. The molecule has 0 spiro atoms. The van der Waals surface area contributed by atoms with Gasteiger partial charge in [0.25, 0.3) is 0 Å². The molecule has 17 aromatic rings. The number of hydrogen-bond donors (Lipinski definition) is 0. The van der Waals surface area contributed by atoms with E-state index >= 15 is 0 Å². The lowest BCUT2D eigenvalue weighted by atomic mass is 9.76. The molecular weight excluding hydrogens is 1260 g/mol. The predicted molar refractivity (Wildman–Crippen MR) is 415 cm³/mol. The molecule has 0 N–H and O–H groups in total. The third-order valence-electron chi connectivity index (χ3n) is 19.3. The van der Waals surface area contributed by atoms with Gasteiger partial charge >= 0.3 is 0 Å². The van der Waals surface area contributed by atoms with Gasteiger partial charge in [-0.1, -0.05) is 214 Å². The van der Waals surface area contributed by atoms with Crippen molar-refractivity contribution in [2.24, 2.45) is 0 Å². The van der Waals surface area contributed by atoms with Gasteiger partial charge in [-0.05, 0) is 221 Å². The molecule has 0 aliphatic rings. The summed E-state index contributed by atoms with van der Waals surface area (Å²) in [6.45, 7) is 4.95. The summed E-state index contributed by atoms with van der Waals surface area (Å²) in [6, 6.07) is 104. The van der Waals surface area contributed by atoms with Crippen molar-refractivity contribution in [1.29, 1.82) is 0 Å². The summed E-state index contributed by atoms with van der Waals surface area (Å²) in [4.78, 5) is 7.97. The fourth-order valence-corrected chi connectivity index (χ4v) is 21.6. The first-order chi connectivity index (χ1) is 45.8. The molecule has 450 valence electrons. The molecule has 7 aromatic heterocycles. The Morgan fingerprint density at radius 3 is 1.13 bits per heavy atom. The van der Waals surface area contributed by atoms with Crippen LogP contribution in [0, 0.1) is 0 Å². The minimum Gasteiger partial charge on any atom is -0.144 e. The van der Waals surface area contributed by atoms with E-state index in [1.54, 1.807) is 0 Å². The quantitative estimate of drug-likeness (QED) is 0.0803. The molecule has 0 amide bonds. The molecule has 0 fully saturated rings. The lowest BCUT2D eigenvalue weighted by Gasteiger charge is -2.28. The van der Waals surface area contributed by atoms with Crippen LogP contribution in [0.15, 0.2) is 278 Å². The summed E-state index contributed by atoms with van der Waals surface area (Å²) < 4.78 is 9.47. The van der Waals surface area contributed by atoms with Crippen molar-refractivity contribution < 1.29 is 0 Å². The molecule has 7 heterocycles. The molecule has 0 radical (unpaired) electrons. The first-order valence-electron chi connectivity index (χ1n) is 32.3. The number of thiophene rings is 7. The van der Waals surface area contributed by atoms with Crippen molar-refractivity contribution in [3.05, 3.63) is 301 Å². The highest BCUT2D eigenvalue weighted by Crippen LogP contribution is 2.47. The molecule has 4 unspecified atom stereocenters. The average Bonchev–Trinajstić information content (AvgIpc) is 2.03. The predicted octanol–water partition coefficient (Wildman–Crippen LogP) is 28.7. The zero-order chi connectivity index (χ0) is 61.9. The number of fused-ring (bicyclic) bond motifs is 6. The highest BCUT2D eigenvalue weighted by molar-refractivity contribution is 7.31. The fourth-order valence-electron chi connectivity index (χ4n) is 14.0. The second-order valence-corrected chi connectivity index (χ2v) is 32.6. The summed E-state index contributed by atoms with van der Waals surface area (Å²) in [6.07, 6.45) is 4.39.